The topological polar surface area (TPSA) is 194 Å². The summed E-state index contributed by atoms with van der Waals surface area (Å²) in [5.74, 6) is -0.319. The average molecular weight is 454 g/mol. The number of aromatic nitrogens is 4. The average Bonchev–Trinajstić information content (AvgIpc) is 2.80. The van der Waals surface area contributed by atoms with Crippen LogP contribution in [0.1, 0.15) is 35.8 Å². The third-order valence-corrected chi connectivity index (χ3v) is 4.76. The molecule has 0 spiro atoms. The molecule has 0 unspecified atom stereocenters. The van der Waals surface area contributed by atoms with Crippen molar-refractivity contribution in [3.05, 3.63) is 52.1 Å². The summed E-state index contributed by atoms with van der Waals surface area (Å²) in [4.78, 5) is 50.8. The van der Waals surface area contributed by atoms with Gasteiger partial charge in [-0.2, -0.15) is 4.98 Å². The van der Waals surface area contributed by atoms with E-state index in [0.29, 0.717) is 43.7 Å². The number of nitrogen functional groups attached to an aromatic ring is 1. The van der Waals surface area contributed by atoms with Crippen molar-refractivity contribution in [1.29, 1.82) is 0 Å². The lowest BCUT2D eigenvalue weighted by atomic mass is 10.1. The van der Waals surface area contributed by atoms with E-state index in [9.17, 15) is 14.4 Å². The molecule has 0 saturated carbocycles. The van der Waals surface area contributed by atoms with Crippen molar-refractivity contribution >= 4 is 34.6 Å². The maximum absolute atomic E-state index is 12.4. The summed E-state index contributed by atoms with van der Waals surface area (Å²) >= 11 is 0. The zero-order chi connectivity index (χ0) is 23.8. The number of carbonyl (C=O) groups excluding carboxylic acids is 2. The molecule has 2 amide bonds. The molecule has 3 rings (SSSR count). The third-order valence-electron chi connectivity index (χ3n) is 4.76. The van der Waals surface area contributed by atoms with Crippen LogP contribution in [0.2, 0.25) is 0 Å². The van der Waals surface area contributed by atoms with Gasteiger partial charge in [-0.05, 0) is 37.6 Å². The van der Waals surface area contributed by atoms with Crippen LogP contribution < -0.4 is 33.0 Å². The number of nitrogens with two attached hydrogens (primary N) is 2. The number of H-pyrrole nitrogens is 1. The summed E-state index contributed by atoms with van der Waals surface area (Å²) in [7, 11) is 0. The SMILES string of the molecule is C[C@H](CCC(=O)NCCN)NC(=O)c1ccc(NCc2cnc3nc(N)[nH]c(=O)c3n2)cc1. The molecule has 0 bridgehead atoms. The first kappa shape index (κ1) is 23.6. The minimum absolute atomic E-state index is 0.0146. The Labute approximate surface area is 189 Å². The van der Waals surface area contributed by atoms with Crippen LogP contribution in [-0.4, -0.2) is 50.9 Å². The second kappa shape index (κ2) is 11.0. The fourth-order valence-corrected chi connectivity index (χ4v) is 3.02. The summed E-state index contributed by atoms with van der Waals surface area (Å²) in [5, 5.41) is 8.75. The first-order valence-electron chi connectivity index (χ1n) is 10.5. The molecule has 3 aromatic rings. The zero-order valence-corrected chi connectivity index (χ0v) is 18.2. The van der Waals surface area contributed by atoms with Crippen LogP contribution in [0, 0.1) is 0 Å². The molecule has 8 N–H and O–H groups in total. The van der Waals surface area contributed by atoms with E-state index in [0.717, 1.165) is 5.69 Å². The van der Waals surface area contributed by atoms with E-state index in [4.69, 9.17) is 11.5 Å². The summed E-state index contributed by atoms with van der Waals surface area (Å²) in [5.41, 5.74) is 12.5. The van der Waals surface area contributed by atoms with Crippen LogP contribution in [0.25, 0.3) is 11.2 Å². The molecule has 174 valence electrons. The minimum Gasteiger partial charge on any atom is -0.379 e. The van der Waals surface area contributed by atoms with Crippen molar-refractivity contribution in [2.24, 2.45) is 5.73 Å². The molecule has 0 aliphatic heterocycles. The lowest BCUT2D eigenvalue weighted by molar-refractivity contribution is -0.121. The first-order chi connectivity index (χ1) is 15.9. The van der Waals surface area contributed by atoms with Gasteiger partial charge in [0, 0.05) is 36.8 Å². The number of hydrogen-bond acceptors (Lipinski definition) is 9. The number of anilines is 2. The van der Waals surface area contributed by atoms with Crippen molar-refractivity contribution in [2.75, 3.05) is 24.1 Å². The second-order valence-corrected chi connectivity index (χ2v) is 7.47. The van der Waals surface area contributed by atoms with E-state index in [1.165, 1.54) is 6.20 Å². The molecule has 0 radical (unpaired) electrons. The lowest BCUT2D eigenvalue weighted by Gasteiger charge is -2.14. The maximum atomic E-state index is 12.4. The molecule has 1 aromatic carbocycles. The normalized spacial score (nSPS) is 11.7. The number of amides is 2. The van der Waals surface area contributed by atoms with E-state index in [2.05, 4.69) is 35.9 Å². The molecule has 12 heteroatoms. The van der Waals surface area contributed by atoms with Gasteiger partial charge in [-0.25, -0.2) is 9.97 Å². The molecule has 2 heterocycles. The molecule has 0 fully saturated rings. The summed E-state index contributed by atoms with van der Waals surface area (Å²) < 4.78 is 0. The van der Waals surface area contributed by atoms with Crippen LogP contribution in [0.4, 0.5) is 11.6 Å². The fourth-order valence-electron chi connectivity index (χ4n) is 3.02. The molecule has 2 aromatic heterocycles. The fraction of sp³-hybridized carbons (Fsp3) is 0.333. The first-order valence-corrected chi connectivity index (χ1v) is 10.5. The predicted molar refractivity (Wildman–Crippen MR) is 124 cm³/mol. The van der Waals surface area contributed by atoms with E-state index in [-0.39, 0.29) is 35.0 Å². The Hall–Kier alpha value is -4.06. The standard InChI is InChI=1S/C21H27N9O3/c1-12(2-7-16(31)24-9-8-22)27-19(32)13-3-5-14(6-4-13)25-10-15-11-26-18-17(28-15)20(33)30-21(23)29-18/h3-6,11-12,25H,2,7-10,22H2,1H3,(H,24,31)(H,27,32)(H3,23,26,29,30,33)/t12-/m1/s1. The van der Waals surface area contributed by atoms with Gasteiger partial charge in [-0.1, -0.05) is 0 Å². The summed E-state index contributed by atoms with van der Waals surface area (Å²) in [6.45, 7) is 3.01. The summed E-state index contributed by atoms with van der Waals surface area (Å²) in [6.07, 6.45) is 2.36. The highest BCUT2D eigenvalue weighted by molar-refractivity contribution is 5.94. The van der Waals surface area contributed by atoms with Gasteiger partial charge in [0.25, 0.3) is 11.5 Å². The molecule has 0 saturated heterocycles. The van der Waals surface area contributed by atoms with Gasteiger partial charge in [-0.3, -0.25) is 19.4 Å². The number of aromatic amines is 1. The van der Waals surface area contributed by atoms with E-state index in [1.807, 2.05) is 6.92 Å². The van der Waals surface area contributed by atoms with Gasteiger partial charge in [0.15, 0.2) is 11.2 Å². The predicted octanol–water partition coefficient (Wildman–Crippen LogP) is -0.119. The highest BCUT2D eigenvalue weighted by Gasteiger charge is 2.12. The molecule has 33 heavy (non-hydrogen) atoms. The number of hydrogen-bond donors (Lipinski definition) is 6. The third kappa shape index (κ3) is 6.71. The summed E-state index contributed by atoms with van der Waals surface area (Å²) in [6, 6.07) is 6.77. The highest BCUT2D eigenvalue weighted by Crippen LogP contribution is 2.12. The van der Waals surface area contributed by atoms with Crippen LogP contribution in [-0.2, 0) is 11.3 Å². The second-order valence-electron chi connectivity index (χ2n) is 7.47. The number of carbonyl (C=O) groups is 2. The number of nitrogens with one attached hydrogen (secondary N) is 4. The van der Waals surface area contributed by atoms with Gasteiger partial charge in [0.05, 0.1) is 18.4 Å². The number of rotatable bonds is 10. The molecule has 1 atom stereocenters. The number of fused-ring (bicyclic) bond motifs is 1. The van der Waals surface area contributed by atoms with Gasteiger partial charge < -0.3 is 27.4 Å². The Kier molecular flexibility index (Phi) is 7.86. The van der Waals surface area contributed by atoms with Crippen molar-refractivity contribution in [3.63, 3.8) is 0 Å². The van der Waals surface area contributed by atoms with Crippen molar-refractivity contribution < 1.29 is 9.59 Å². The Morgan fingerprint density at radius 1 is 1.18 bits per heavy atom. The molecular weight excluding hydrogens is 426 g/mol. The number of nitrogens with zero attached hydrogens (tertiary/aromatic N) is 3. The van der Waals surface area contributed by atoms with Gasteiger partial charge in [0.2, 0.25) is 11.9 Å². The molecule has 0 aliphatic carbocycles. The quantitative estimate of drug-likeness (QED) is 0.243. The minimum atomic E-state index is -0.451. The van der Waals surface area contributed by atoms with E-state index >= 15 is 0 Å². The van der Waals surface area contributed by atoms with Gasteiger partial charge in [0.1, 0.15) is 0 Å². The monoisotopic (exact) mass is 453 g/mol. The van der Waals surface area contributed by atoms with Crippen molar-refractivity contribution in [1.82, 2.24) is 30.6 Å². The van der Waals surface area contributed by atoms with E-state index in [1.54, 1.807) is 24.3 Å². The van der Waals surface area contributed by atoms with Gasteiger partial charge in [-0.15, -0.1) is 0 Å². The smallest absolute Gasteiger partial charge is 0.280 e. The number of benzene rings is 1. The van der Waals surface area contributed by atoms with E-state index < -0.39 is 5.56 Å². The highest BCUT2D eigenvalue weighted by atomic mass is 16.2. The van der Waals surface area contributed by atoms with Crippen LogP contribution in [0.5, 0.6) is 0 Å². The van der Waals surface area contributed by atoms with Crippen LogP contribution in [0.15, 0.2) is 35.3 Å². The Morgan fingerprint density at radius 3 is 2.67 bits per heavy atom. The maximum Gasteiger partial charge on any atom is 0.280 e. The largest absolute Gasteiger partial charge is 0.379 e. The Morgan fingerprint density at radius 2 is 1.94 bits per heavy atom. The Bertz CT molecular complexity index is 1180. The lowest BCUT2D eigenvalue weighted by Crippen LogP contribution is -2.34. The van der Waals surface area contributed by atoms with Crippen molar-refractivity contribution in [3.8, 4) is 0 Å². The Balaban J connectivity index is 1.51. The molecule has 0 aliphatic rings. The molecule has 12 nitrogen and oxygen atoms in total. The van der Waals surface area contributed by atoms with Crippen LogP contribution >= 0.6 is 0 Å². The van der Waals surface area contributed by atoms with Crippen molar-refractivity contribution in [2.45, 2.75) is 32.4 Å². The molecular formula is C21H27N9O3. The van der Waals surface area contributed by atoms with Gasteiger partial charge >= 0.3 is 0 Å². The van der Waals surface area contributed by atoms with Crippen LogP contribution in [0.3, 0.4) is 0 Å². The zero-order valence-electron chi connectivity index (χ0n) is 18.2.